The first-order chi connectivity index (χ1) is 11.3. The molecule has 3 heteroatoms. The van der Waals surface area contributed by atoms with Gasteiger partial charge in [-0.3, -0.25) is 0 Å². The minimum Gasteiger partial charge on any atom is -0.497 e. The van der Waals surface area contributed by atoms with Crippen molar-refractivity contribution in [1.29, 1.82) is 0 Å². The zero-order valence-corrected chi connectivity index (χ0v) is 13.4. The van der Waals surface area contributed by atoms with E-state index < -0.39 is 0 Å². The van der Waals surface area contributed by atoms with Crippen molar-refractivity contribution >= 4 is 22.7 Å². The molecule has 23 heavy (non-hydrogen) atoms. The molecule has 3 nitrogen and oxygen atoms in total. The Morgan fingerprint density at radius 1 is 0.696 bits per heavy atom. The van der Waals surface area contributed by atoms with E-state index in [1.807, 2.05) is 30.3 Å². The molecule has 0 amide bonds. The molecule has 3 aromatic rings. The Bertz CT molecular complexity index is 737. The second-order valence-corrected chi connectivity index (χ2v) is 5.29. The normalized spacial score (nSPS) is 10.2. The van der Waals surface area contributed by atoms with E-state index in [-0.39, 0.29) is 0 Å². The minimum absolute atomic E-state index is 0.865. The Morgan fingerprint density at radius 3 is 1.78 bits per heavy atom. The summed E-state index contributed by atoms with van der Waals surface area (Å²) in [5, 5.41) is 3.39. The summed E-state index contributed by atoms with van der Waals surface area (Å²) in [7, 11) is 3.73. The molecule has 0 aromatic heterocycles. The van der Waals surface area contributed by atoms with E-state index in [9.17, 15) is 0 Å². The summed E-state index contributed by atoms with van der Waals surface area (Å²) >= 11 is 0. The van der Waals surface area contributed by atoms with Crippen LogP contribution in [0.2, 0.25) is 0 Å². The maximum absolute atomic E-state index is 5.20. The summed E-state index contributed by atoms with van der Waals surface area (Å²) in [6, 6.07) is 26.6. The zero-order chi connectivity index (χ0) is 16.1. The third-order valence-corrected chi connectivity index (χ3v) is 3.78. The first-order valence-electron chi connectivity index (χ1n) is 7.56. The van der Waals surface area contributed by atoms with Crippen LogP contribution < -0.4 is 15.0 Å². The average molecular weight is 304 g/mol. The van der Waals surface area contributed by atoms with Crippen LogP contribution >= 0.6 is 0 Å². The highest BCUT2D eigenvalue weighted by Gasteiger charge is 2.04. The molecule has 0 heterocycles. The fraction of sp³-hybridized carbons (Fsp3) is 0.100. The quantitative estimate of drug-likeness (QED) is 0.700. The van der Waals surface area contributed by atoms with Gasteiger partial charge in [-0.2, -0.15) is 0 Å². The topological polar surface area (TPSA) is 24.5 Å². The van der Waals surface area contributed by atoms with Gasteiger partial charge in [0, 0.05) is 29.8 Å². The molecule has 1 N–H and O–H groups in total. The van der Waals surface area contributed by atoms with Crippen molar-refractivity contribution in [3.63, 3.8) is 0 Å². The van der Waals surface area contributed by atoms with E-state index in [4.69, 9.17) is 4.74 Å². The van der Waals surface area contributed by atoms with E-state index in [1.54, 1.807) is 7.11 Å². The fourth-order valence-electron chi connectivity index (χ4n) is 2.41. The molecule has 0 aliphatic heterocycles. The molecule has 0 unspecified atom stereocenters. The van der Waals surface area contributed by atoms with Gasteiger partial charge in [-0.25, -0.2) is 0 Å². The number of benzene rings is 3. The van der Waals surface area contributed by atoms with Crippen LogP contribution in [-0.2, 0) is 0 Å². The Balaban J connectivity index is 1.73. The lowest BCUT2D eigenvalue weighted by Crippen LogP contribution is -2.09. The molecule has 0 atom stereocenters. The number of para-hydroxylation sites is 1. The summed E-state index contributed by atoms with van der Waals surface area (Å²) < 4.78 is 5.20. The van der Waals surface area contributed by atoms with Crippen molar-refractivity contribution in [2.45, 2.75) is 0 Å². The van der Waals surface area contributed by atoms with Crippen LogP contribution in [0.5, 0.6) is 5.75 Å². The number of nitrogens with one attached hydrogen (secondary N) is 1. The monoisotopic (exact) mass is 304 g/mol. The molecular weight excluding hydrogens is 284 g/mol. The van der Waals surface area contributed by atoms with Gasteiger partial charge in [-0.1, -0.05) is 18.2 Å². The maximum Gasteiger partial charge on any atom is 0.119 e. The molecule has 3 aromatic carbocycles. The van der Waals surface area contributed by atoms with Crippen molar-refractivity contribution in [1.82, 2.24) is 0 Å². The second-order valence-electron chi connectivity index (χ2n) is 5.29. The van der Waals surface area contributed by atoms with Crippen LogP contribution in [0.4, 0.5) is 22.7 Å². The van der Waals surface area contributed by atoms with Crippen LogP contribution in [0.3, 0.4) is 0 Å². The number of nitrogens with zero attached hydrogens (tertiary/aromatic N) is 1. The van der Waals surface area contributed by atoms with Gasteiger partial charge in [0.05, 0.1) is 7.11 Å². The molecule has 0 aliphatic rings. The predicted molar refractivity (Wildman–Crippen MR) is 97.2 cm³/mol. The number of ether oxygens (including phenoxy) is 1. The van der Waals surface area contributed by atoms with Crippen LogP contribution in [0.1, 0.15) is 0 Å². The number of anilines is 4. The van der Waals surface area contributed by atoms with Crippen molar-refractivity contribution in [2.24, 2.45) is 0 Å². The van der Waals surface area contributed by atoms with E-state index in [0.717, 1.165) is 28.5 Å². The van der Waals surface area contributed by atoms with E-state index >= 15 is 0 Å². The molecule has 0 fully saturated rings. The summed E-state index contributed by atoms with van der Waals surface area (Å²) in [6.07, 6.45) is 0. The Hall–Kier alpha value is -2.94. The summed E-state index contributed by atoms with van der Waals surface area (Å²) in [5.74, 6) is 0.865. The molecule has 116 valence electrons. The van der Waals surface area contributed by atoms with Crippen molar-refractivity contribution in [3.8, 4) is 5.75 Å². The lowest BCUT2D eigenvalue weighted by atomic mass is 10.2. The Labute approximate surface area is 137 Å². The smallest absolute Gasteiger partial charge is 0.119 e. The van der Waals surface area contributed by atoms with Gasteiger partial charge in [0.15, 0.2) is 0 Å². The lowest BCUT2D eigenvalue weighted by Gasteiger charge is -2.20. The minimum atomic E-state index is 0.865. The van der Waals surface area contributed by atoms with Gasteiger partial charge in [-0.05, 0) is 60.7 Å². The van der Waals surface area contributed by atoms with Gasteiger partial charge >= 0.3 is 0 Å². The zero-order valence-electron chi connectivity index (χ0n) is 13.4. The van der Waals surface area contributed by atoms with Gasteiger partial charge in [0.25, 0.3) is 0 Å². The van der Waals surface area contributed by atoms with Crippen LogP contribution in [0, 0.1) is 0 Å². The van der Waals surface area contributed by atoms with Crippen molar-refractivity contribution in [2.75, 3.05) is 24.4 Å². The van der Waals surface area contributed by atoms with E-state index in [1.165, 1.54) is 0 Å². The SMILES string of the molecule is COc1ccc(N(C)c2ccc(Nc3ccccc3)cc2)cc1. The molecule has 3 rings (SSSR count). The Kier molecular flexibility index (Phi) is 4.48. The molecular formula is C20H20N2O. The van der Waals surface area contributed by atoms with Crippen molar-refractivity contribution < 1.29 is 4.74 Å². The molecule has 0 radical (unpaired) electrons. The largest absolute Gasteiger partial charge is 0.497 e. The second kappa shape index (κ2) is 6.88. The lowest BCUT2D eigenvalue weighted by molar-refractivity contribution is 0.415. The van der Waals surface area contributed by atoms with Gasteiger partial charge < -0.3 is 15.0 Å². The van der Waals surface area contributed by atoms with Crippen LogP contribution in [-0.4, -0.2) is 14.2 Å². The van der Waals surface area contributed by atoms with Crippen molar-refractivity contribution in [3.05, 3.63) is 78.9 Å². The van der Waals surface area contributed by atoms with Gasteiger partial charge in [-0.15, -0.1) is 0 Å². The van der Waals surface area contributed by atoms with Gasteiger partial charge in [0.2, 0.25) is 0 Å². The molecule has 0 bridgehead atoms. The first-order valence-corrected chi connectivity index (χ1v) is 7.56. The molecule has 0 saturated carbocycles. The highest BCUT2D eigenvalue weighted by molar-refractivity contribution is 5.67. The average Bonchev–Trinajstić information content (AvgIpc) is 2.63. The number of methoxy groups -OCH3 is 1. The number of hydrogen-bond donors (Lipinski definition) is 1. The fourth-order valence-corrected chi connectivity index (χ4v) is 2.41. The summed E-state index contributed by atoms with van der Waals surface area (Å²) in [6.45, 7) is 0. The Morgan fingerprint density at radius 2 is 1.22 bits per heavy atom. The molecule has 0 aliphatic carbocycles. The van der Waals surface area contributed by atoms with Crippen LogP contribution in [0.25, 0.3) is 0 Å². The summed E-state index contributed by atoms with van der Waals surface area (Å²) in [4.78, 5) is 2.14. The van der Waals surface area contributed by atoms with Gasteiger partial charge in [0.1, 0.15) is 5.75 Å². The first kappa shape index (κ1) is 15.0. The third-order valence-electron chi connectivity index (χ3n) is 3.78. The predicted octanol–water partition coefficient (Wildman–Crippen LogP) is 5.21. The standard InChI is InChI=1S/C20H20N2O/c1-22(19-12-14-20(23-2)15-13-19)18-10-8-17(9-11-18)21-16-6-4-3-5-7-16/h3-15,21H,1-2H3. The molecule has 0 saturated heterocycles. The molecule has 0 spiro atoms. The number of rotatable bonds is 5. The van der Waals surface area contributed by atoms with Crippen LogP contribution in [0.15, 0.2) is 78.9 Å². The van der Waals surface area contributed by atoms with E-state index in [2.05, 4.69) is 65.8 Å². The highest BCUT2D eigenvalue weighted by Crippen LogP contribution is 2.27. The van der Waals surface area contributed by atoms with E-state index in [0.29, 0.717) is 0 Å². The third kappa shape index (κ3) is 3.64. The number of hydrogen-bond acceptors (Lipinski definition) is 3. The maximum atomic E-state index is 5.20. The highest BCUT2D eigenvalue weighted by atomic mass is 16.5. The summed E-state index contributed by atoms with van der Waals surface area (Å²) in [5.41, 5.74) is 4.41.